The van der Waals surface area contributed by atoms with E-state index in [0.717, 1.165) is 5.06 Å². The van der Waals surface area contributed by atoms with Gasteiger partial charge in [-0.3, -0.25) is 4.84 Å². The normalized spacial score (nSPS) is 28.0. The molecule has 0 bridgehead atoms. The first-order valence-electron chi connectivity index (χ1n) is 18.2. The molecule has 0 spiro atoms. The van der Waals surface area contributed by atoms with Crippen LogP contribution in [0.5, 0.6) is 5.75 Å². The van der Waals surface area contributed by atoms with Gasteiger partial charge in [0, 0.05) is 12.0 Å². The van der Waals surface area contributed by atoms with Crippen molar-refractivity contribution in [1.82, 2.24) is 0 Å². The molecule has 1 aromatic rings. The molecular weight excluding hydrogens is 687 g/mol. The lowest BCUT2D eigenvalue weighted by molar-refractivity contribution is -0.152. The molecular formula is C39H61NO11Si. The minimum absolute atomic E-state index is 0.0164. The van der Waals surface area contributed by atoms with Crippen LogP contribution in [0.2, 0.25) is 18.1 Å². The van der Waals surface area contributed by atoms with Gasteiger partial charge in [-0.05, 0) is 91.6 Å². The van der Waals surface area contributed by atoms with E-state index < -0.39 is 68.1 Å². The van der Waals surface area contributed by atoms with Gasteiger partial charge < -0.3 is 38.0 Å². The molecule has 12 nitrogen and oxygen atoms in total. The number of hydroxylamine groups is 1. The van der Waals surface area contributed by atoms with E-state index in [2.05, 4.69) is 33.9 Å². The first-order valence-corrected chi connectivity index (χ1v) is 21.1. The third-order valence-corrected chi connectivity index (χ3v) is 14.0. The van der Waals surface area contributed by atoms with Gasteiger partial charge in [-0.15, -0.1) is 0 Å². The van der Waals surface area contributed by atoms with Crippen LogP contribution in [0, 0.1) is 5.92 Å². The Bertz CT molecular complexity index is 1510. The molecule has 52 heavy (non-hydrogen) atoms. The summed E-state index contributed by atoms with van der Waals surface area (Å²) in [5.41, 5.74) is 0.0738. The molecule has 0 aromatic heterocycles. The number of amides is 1. The van der Waals surface area contributed by atoms with E-state index in [1.165, 1.54) is 0 Å². The van der Waals surface area contributed by atoms with E-state index >= 15 is 0 Å². The Balaban J connectivity index is 1.90. The molecule has 4 rings (SSSR count). The number of hydrogen-bond acceptors (Lipinski definition) is 11. The van der Waals surface area contributed by atoms with Crippen molar-refractivity contribution < 1.29 is 52.4 Å². The summed E-state index contributed by atoms with van der Waals surface area (Å²) in [7, 11) is -2.59. The summed E-state index contributed by atoms with van der Waals surface area (Å²) in [6, 6.07) is 3.31. The Hall–Kier alpha value is -2.78. The molecule has 0 radical (unpaired) electrons. The number of aliphatic hydroxyl groups is 1. The molecule has 1 unspecified atom stereocenters. The molecule has 292 valence electrons. The van der Waals surface area contributed by atoms with Crippen LogP contribution >= 0.6 is 0 Å². The van der Waals surface area contributed by atoms with Crippen molar-refractivity contribution in [1.29, 1.82) is 0 Å². The fourth-order valence-corrected chi connectivity index (χ4v) is 6.71. The summed E-state index contributed by atoms with van der Waals surface area (Å²) in [5, 5.41) is 12.0. The van der Waals surface area contributed by atoms with Gasteiger partial charge in [0.25, 0.3) is 8.32 Å². The smallest absolute Gasteiger partial charge is 0.439 e. The highest BCUT2D eigenvalue weighted by atomic mass is 28.4. The standard InChI is InChI=1S/C39H61NO11Si/c1-24-18-19-29(41)33-30(48-39(11,12)49-33)17-15-16-26-20-27(21-31(32(26)34(42)46-25(24)2)51-52(13,14)37(6,7)8)40(35(43)50-36(3,4)5)45-23-28-22-44-38(9,10)47-28/h15-16,18-21,24-25,28-30,33,41H,17,22-23H2,1-14H3/t24-,25+,28-,29?,30+,33-/m1/s1. The van der Waals surface area contributed by atoms with E-state index in [0.29, 0.717) is 12.0 Å². The highest BCUT2D eigenvalue weighted by Gasteiger charge is 2.44. The van der Waals surface area contributed by atoms with Crippen molar-refractivity contribution in [2.75, 3.05) is 18.3 Å². The monoisotopic (exact) mass is 747 g/mol. The summed E-state index contributed by atoms with van der Waals surface area (Å²) in [6.07, 6.45) is 3.64. The van der Waals surface area contributed by atoms with Gasteiger partial charge in [0.2, 0.25) is 0 Å². The fourth-order valence-electron chi connectivity index (χ4n) is 5.69. The largest absolute Gasteiger partial charge is 0.543 e. The van der Waals surface area contributed by atoms with Crippen molar-refractivity contribution in [3.05, 3.63) is 41.5 Å². The SMILES string of the molecule is C[C@@H]1C=CC(O)[C@H]2OC(C)(C)O[C@H]2CC=Cc2cc(N(OC[C@H]3COC(C)(C)O3)C(=O)OC(C)(C)C)cc(O[Si](C)(C)C(C)(C)C)c2C(=O)O[C@H]1C. The quantitative estimate of drug-likeness (QED) is 0.132. The van der Waals surface area contributed by atoms with Gasteiger partial charge in [-0.25, -0.2) is 9.59 Å². The average molecular weight is 748 g/mol. The maximum atomic E-state index is 14.3. The topological polar surface area (TPSA) is 131 Å². The minimum atomic E-state index is -2.59. The van der Waals surface area contributed by atoms with Gasteiger partial charge in [-0.2, -0.15) is 5.06 Å². The number of rotatable bonds is 6. The first-order chi connectivity index (χ1) is 23.8. The third kappa shape index (κ3) is 10.7. The average Bonchev–Trinajstić information content (AvgIpc) is 3.49. The van der Waals surface area contributed by atoms with E-state index in [4.69, 9.17) is 37.7 Å². The summed E-state index contributed by atoms with van der Waals surface area (Å²) < 4.78 is 42.8. The van der Waals surface area contributed by atoms with Crippen LogP contribution in [0.4, 0.5) is 10.5 Å². The van der Waals surface area contributed by atoms with Crippen LogP contribution in [0.25, 0.3) is 6.08 Å². The van der Waals surface area contributed by atoms with Crippen molar-refractivity contribution in [3.63, 3.8) is 0 Å². The number of carbonyl (C=O) groups excluding carboxylic acids is 2. The first kappa shape index (κ1) is 42.0. The number of hydrogen-bond donors (Lipinski definition) is 1. The molecule has 3 heterocycles. The molecule has 6 atom stereocenters. The highest BCUT2D eigenvalue weighted by molar-refractivity contribution is 6.74. The Morgan fingerprint density at radius 1 is 1.00 bits per heavy atom. The fraction of sp³-hybridized carbons (Fsp3) is 0.692. The molecule has 1 aromatic carbocycles. The van der Waals surface area contributed by atoms with Crippen LogP contribution in [0.1, 0.15) is 105 Å². The summed E-state index contributed by atoms with van der Waals surface area (Å²) in [6.45, 7) is 27.0. The molecule has 2 saturated heterocycles. The zero-order valence-corrected chi connectivity index (χ0v) is 34.5. The Morgan fingerprint density at radius 3 is 2.27 bits per heavy atom. The molecule has 3 aliphatic rings. The number of carbonyl (C=O) groups is 2. The Morgan fingerprint density at radius 2 is 1.67 bits per heavy atom. The molecule has 0 aliphatic carbocycles. The van der Waals surface area contributed by atoms with Crippen molar-refractivity contribution >= 4 is 32.1 Å². The van der Waals surface area contributed by atoms with Crippen LogP contribution in [-0.2, 0) is 33.3 Å². The summed E-state index contributed by atoms with van der Waals surface area (Å²) in [4.78, 5) is 34.3. The third-order valence-electron chi connectivity index (χ3n) is 9.61. The van der Waals surface area contributed by atoms with Crippen molar-refractivity contribution in [3.8, 4) is 5.75 Å². The van der Waals surface area contributed by atoms with Crippen molar-refractivity contribution in [2.45, 2.75) is 155 Å². The number of ether oxygens (including phenoxy) is 6. The number of aliphatic hydroxyl groups excluding tert-OH is 1. The predicted molar refractivity (Wildman–Crippen MR) is 201 cm³/mol. The van der Waals surface area contributed by atoms with Gasteiger partial charge in [0.15, 0.2) is 11.6 Å². The van der Waals surface area contributed by atoms with Crippen LogP contribution in [-0.4, -0.2) is 86.4 Å². The molecule has 1 N–H and O–H groups in total. The van der Waals surface area contributed by atoms with E-state index in [1.54, 1.807) is 52.0 Å². The summed E-state index contributed by atoms with van der Waals surface area (Å²) in [5.74, 6) is -2.29. The zero-order chi connectivity index (χ0) is 39.0. The molecule has 1 amide bonds. The van der Waals surface area contributed by atoms with Crippen LogP contribution < -0.4 is 9.49 Å². The number of benzene rings is 1. The van der Waals surface area contributed by atoms with E-state index in [-0.39, 0.29) is 41.2 Å². The van der Waals surface area contributed by atoms with Crippen molar-refractivity contribution in [2.24, 2.45) is 5.92 Å². The second-order valence-electron chi connectivity index (χ2n) is 17.4. The second kappa shape index (κ2) is 15.5. The molecule has 2 fully saturated rings. The zero-order valence-electron chi connectivity index (χ0n) is 33.5. The van der Waals surface area contributed by atoms with Gasteiger partial charge in [0.05, 0.1) is 18.4 Å². The van der Waals surface area contributed by atoms with Gasteiger partial charge >= 0.3 is 12.1 Å². The Kier molecular flexibility index (Phi) is 12.5. The maximum absolute atomic E-state index is 14.3. The van der Waals surface area contributed by atoms with Gasteiger partial charge in [0.1, 0.15) is 47.9 Å². The predicted octanol–water partition coefficient (Wildman–Crippen LogP) is 7.93. The van der Waals surface area contributed by atoms with E-state index in [9.17, 15) is 14.7 Å². The number of esters is 1. The number of anilines is 1. The highest BCUT2D eigenvalue weighted by Crippen LogP contribution is 2.42. The lowest BCUT2D eigenvalue weighted by Crippen LogP contribution is -2.44. The number of fused-ring (bicyclic) bond motifs is 2. The van der Waals surface area contributed by atoms with Crippen LogP contribution in [0.15, 0.2) is 30.4 Å². The lowest BCUT2D eigenvalue weighted by atomic mass is 9.98. The molecule has 13 heteroatoms. The lowest BCUT2D eigenvalue weighted by Gasteiger charge is -2.37. The van der Waals surface area contributed by atoms with E-state index in [1.807, 2.05) is 46.8 Å². The molecule has 0 saturated carbocycles. The summed E-state index contributed by atoms with van der Waals surface area (Å²) >= 11 is 0. The second-order valence-corrected chi connectivity index (χ2v) is 22.1. The maximum Gasteiger partial charge on any atom is 0.439 e. The minimum Gasteiger partial charge on any atom is -0.543 e. The van der Waals surface area contributed by atoms with Crippen LogP contribution in [0.3, 0.4) is 0 Å². The van der Waals surface area contributed by atoms with Gasteiger partial charge in [-0.1, -0.05) is 52.0 Å². The molecule has 3 aliphatic heterocycles. The number of cyclic esters (lactones) is 1. The Labute approximate surface area is 310 Å². The number of nitrogens with zero attached hydrogens (tertiary/aromatic N) is 1.